The first-order valence-electron chi connectivity index (χ1n) is 9.17. The minimum atomic E-state index is -3.79. The Balaban J connectivity index is 1.91. The molecular formula is C19H20BrN3O6S. The Morgan fingerprint density at radius 1 is 1.17 bits per heavy atom. The molecule has 1 saturated heterocycles. The summed E-state index contributed by atoms with van der Waals surface area (Å²) >= 11 is 3.07. The Hall–Kier alpha value is -2.50. The molecule has 9 nitrogen and oxygen atoms in total. The highest BCUT2D eigenvalue weighted by Crippen LogP contribution is 2.32. The fourth-order valence-electron chi connectivity index (χ4n) is 3.20. The van der Waals surface area contributed by atoms with Crippen molar-refractivity contribution in [3.63, 3.8) is 0 Å². The lowest BCUT2D eigenvalue weighted by atomic mass is 10.2. The van der Waals surface area contributed by atoms with Gasteiger partial charge in [0.25, 0.3) is 11.6 Å². The van der Waals surface area contributed by atoms with E-state index in [1.165, 1.54) is 41.7 Å². The highest BCUT2D eigenvalue weighted by atomic mass is 79.9. The van der Waals surface area contributed by atoms with Gasteiger partial charge in [-0.05, 0) is 59.1 Å². The van der Waals surface area contributed by atoms with Gasteiger partial charge < -0.3 is 10.1 Å². The van der Waals surface area contributed by atoms with E-state index in [9.17, 15) is 23.3 Å². The Bertz CT molecular complexity index is 1080. The molecule has 0 unspecified atom stereocenters. The summed E-state index contributed by atoms with van der Waals surface area (Å²) in [7, 11) is -2.41. The molecular weight excluding hydrogens is 478 g/mol. The van der Waals surface area contributed by atoms with E-state index in [1.54, 1.807) is 0 Å². The van der Waals surface area contributed by atoms with E-state index < -0.39 is 20.9 Å². The second-order valence-corrected chi connectivity index (χ2v) is 9.47. The van der Waals surface area contributed by atoms with Gasteiger partial charge in [0.15, 0.2) is 0 Å². The second kappa shape index (κ2) is 9.11. The monoisotopic (exact) mass is 497 g/mol. The van der Waals surface area contributed by atoms with Crippen molar-refractivity contribution in [2.45, 2.75) is 24.2 Å². The summed E-state index contributed by atoms with van der Waals surface area (Å²) in [5.74, 6) is -0.421. The van der Waals surface area contributed by atoms with Crippen molar-refractivity contribution < 1.29 is 22.9 Å². The van der Waals surface area contributed by atoms with E-state index in [1.807, 2.05) is 0 Å². The summed E-state index contributed by atoms with van der Waals surface area (Å²) < 4.78 is 33.1. The van der Waals surface area contributed by atoms with E-state index >= 15 is 0 Å². The maximum absolute atomic E-state index is 13.1. The van der Waals surface area contributed by atoms with Crippen molar-refractivity contribution in [3.05, 3.63) is 56.5 Å². The van der Waals surface area contributed by atoms with E-state index in [0.717, 1.165) is 25.3 Å². The molecule has 3 rings (SSSR count). The van der Waals surface area contributed by atoms with Gasteiger partial charge in [-0.25, -0.2) is 8.42 Å². The first kappa shape index (κ1) is 22.2. The summed E-state index contributed by atoms with van der Waals surface area (Å²) in [6.45, 7) is 0.870. The Morgan fingerprint density at radius 3 is 2.50 bits per heavy atom. The lowest BCUT2D eigenvalue weighted by molar-refractivity contribution is -0.385. The van der Waals surface area contributed by atoms with Gasteiger partial charge in [-0.3, -0.25) is 14.9 Å². The molecule has 0 radical (unpaired) electrons. The molecule has 0 atom stereocenters. The quantitative estimate of drug-likeness (QED) is 0.478. The van der Waals surface area contributed by atoms with Gasteiger partial charge >= 0.3 is 0 Å². The normalized spacial score (nSPS) is 14.9. The van der Waals surface area contributed by atoms with Gasteiger partial charge in [0.05, 0.1) is 16.5 Å². The largest absolute Gasteiger partial charge is 0.495 e. The van der Waals surface area contributed by atoms with Crippen molar-refractivity contribution in [3.8, 4) is 5.75 Å². The molecule has 1 fully saturated rings. The minimum Gasteiger partial charge on any atom is -0.495 e. The van der Waals surface area contributed by atoms with Crippen LogP contribution in [0.3, 0.4) is 0 Å². The molecule has 2 aromatic rings. The number of carbonyl (C=O) groups is 1. The molecule has 0 aliphatic carbocycles. The number of carbonyl (C=O) groups excluding carboxylic acids is 1. The van der Waals surface area contributed by atoms with Crippen molar-refractivity contribution in [2.75, 3.05) is 25.5 Å². The molecule has 0 saturated carbocycles. The molecule has 160 valence electrons. The topological polar surface area (TPSA) is 119 Å². The number of sulfonamides is 1. The zero-order valence-electron chi connectivity index (χ0n) is 16.1. The lowest BCUT2D eigenvalue weighted by Crippen LogP contribution is -2.35. The molecule has 1 amide bonds. The van der Waals surface area contributed by atoms with Crippen LogP contribution in [0.5, 0.6) is 5.75 Å². The summed E-state index contributed by atoms with van der Waals surface area (Å²) in [4.78, 5) is 23.0. The number of hydrogen-bond acceptors (Lipinski definition) is 6. The van der Waals surface area contributed by atoms with Crippen LogP contribution in [0.25, 0.3) is 0 Å². The number of nitro groups is 1. The maximum atomic E-state index is 13.1. The zero-order valence-corrected chi connectivity index (χ0v) is 18.5. The standard InChI is InChI=1S/C19H20BrN3O6S/c1-29-17-8-6-14(12-18(17)30(27,28)22-9-3-2-4-10-22)21-19(24)13-5-7-15(20)16(11-13)23(25)26/h5-8,11-12H,2-4,9-10H2,1H3,(H,21,24). The predicted octanol–water partition coefficient (Wildman–Crippen LogP) is 3.79. The Kier molecular flexibility index (Phi) is 6.74. The first-order valence-corrected chi connectivity index (χ1v) is 11.4. The summed E-state index contributed by atoms with van der Waals surface area (Å²) in [5, 5.41) is 13.7. The van der Waals surface area contributed by atoms with E-state index in [-0.39, 0.29) is 32.1 Å². The fraction of sp³-hybridized carbons (Fsp3) is 0.316. The van der Waals surface area contributed by atoms with Gasteiger partial charge in [0, 0.05) is 30.4 Å². The van der Waals surface area contributed by atoms with E-state index in [2.05, 4.69) is 21.2 Å². The third kappa shape index (κ3) is 4.63. The number of nitrogens with one attached hydrogen (secondary N) is 1. The predicted molar refractivity (Wildman–Crippen MR) is 114 cm³/mol. The number of nitrogens with zero attached hydrogens (tertiary/aromatic N) is 2. The third-order valence-electron chi connectivity index (χ3n) is 4.76. The second-order valence-electron chi connectivity index (χ2n) is 6.71. The number of amides is 1. The fourth-order valence-corrected chi connectivity index (χ4v) is 5.29. The first-order chi connectivity index (χ1) is 14.2. The van der Waals surface area contributed by atoms with Crippen molar-refractivity contribution in [1.29, 1.82) is 0 Å². The molecule has 0 bridgehead atoms. The molecule has 0 spiro atoms. The van der Waals surface area contributed by atoms with Crippen LogP contribution in [-0.4, -0.2) is 43.8 Å². The molecule has 1 aliphatic heterocycles. The molecule has 0 aromatic heterocycles. The van der Waals surface area contributed by atoms with Crippen LogP contribution in [0.1, 0.15) is 29.6 Å². The lowest BCUT2D eigenvalue weighted by Gasteiger charge is -2.26. The maximum Gasteiger partial charge on any atom is 0.284 e. The molecule has 11 heteroatoms. The number of anilines is 1. The number of benzene rings is 2. The molecule has 1 aliphatic rings. The average Bonchev–Trinajstić information content (AvgIpc) is 2.74. The van der Waals surface area contributed by atoms with E-state index in [4.69, 9.17) is 4.74 Å². The summed E-state index contributed by atoms with van der Waals surface area (Å²) in [5.41, 5.74) is 0.0638. The number of hydrogen-bond donors (Lipinski definition) is 1. The number of methoxy groups -OCH3 is 1. The SMILES string of the molecule is COc1ccc(NC(=O)c2ccc(Br)c([N+](=O)[O-])c2)cc1S(=O)(=O)N1CCCCC1. The average molecular weight is 498 g/mol. The third-order valence-corrected chi connectivity index (χ3v) is 7.35. The van der Waals surface area contributed by atoms with Crippen molar-refractivity contribution >= 4 is 43.2 Å². The van der Waals surface area contributed by atoms with Gasteiger partial charge in [-0.1, -0.05) is 6.42 Å². The van der Waals surface area contributed by atoms with Gasteiger partial charge in [-0.2, -0.15) is 4.31 Å². The molecule has 30 heavy (non-hydrogen) atoms. The van der Waals surface area contributed by atoms with Crippen LogP contribution < -0.4 is 10.1 Å². The highest BCUT2D eigenvalue weighted by Gasteiger charge is 2.29. The smallest absolute Gasteiger partial charge is 0.284 e. The molecule has 2 aromatic carbocycles. The zero-order chi connectivity index (χ0) is 21.9. The van der Waals surface area contributed by atoms with Crippen molar-refractivity contribution in [1.82, 2.24) is 4.31 Å². The van der Waals surface area contributed by atoms with Crippen LogP contribution in [0.4, 0.5) is 11.4 Å². The van der Waals surface area contributed by atoms with Gasteiger partial charge in [0.1, 0.15) is 10.6 Å². The summed E-state index contributed by atoms with van der Waals surface area (Å²) in [6, 6.07) is 8.31. The van der Waals surface area contributed by atoms with Crippen LogP contribution in [0.2, 0.25) is 0 Å². The minimum absolute atomic E-state index is 0.0357. The number of ether oxygens (including phenoxy) is 1. The van der Waals surface area contributed by atoms with Crippen molar-refractivity contribution in [2.24, 2.45) is 0 Å². The Labute approximate surface area is 182 Å². The van der Waals surface area contributed by atoms with Crippen LogP contribution in [-0.2, 0) is 10.0 Å². The van der Waals surface area contributed by atoms with Gasteiger partial charge in [-0.15, -0.1) is 0 Å². The van der Waals surface area contributed by atoms with E-state index in [0.29, 0.717) is 13.1 Å². The highest BCUT2D eigenvalue weighted by molar-refractivity contribution is 9.10. The van der Waals surface area contributed by atoms with Crippen LogP contribution >= 0.6 is 15.9 Å². The Morgan fingerprint density at radius 2 is 1.87 bits per heavy atom. The van der Waals surface area contributed by atoms with Crippen LogP contribution in [0.15, 0.2) is 45.8 Å². The van der Waals surface area contributed by atoms with Gasteiger partial charge in [0.2, 0.25) is 10.0 Å². The molecule has 1 N–H and O–H groups in total. The number of halogens is 1. The number of rotatable bonds is 6. The number of nitro benzene ring substituents is 1. The number of piperidine rings is 1. The summed E-state index contributed by atoms with van der Waals surface area (Å²) in [6.07, 6.45) is 2.57. The van der Waals surface area contributed by atoms with Crippen LogP contribution in [0, 0.1) is 10.1 Å². The molecule has 1 heterocycles.